The maximum absolute atomic E-state index is 12.4. The fraction of sp³-hybridized carbons (Fsp3) is 0.556. The monoisotopic (exact) mass is 349 g/mol. The fourth-order valence-corrected chi connectivity index (χ4v) is 2.66. The molecular weight excluding hydrogens is 322 g/mol. The van der Waals surface area contributed by atoms with Crippen molar-refractivity contribution >= 4 is 12.0 Å². The van der Waals surface area contributed by atoms with Crippen molar-refractivity contribution in [2.45, 2.75) is 26.0 Å². The number of rotatable bonds is 7. The number of ether oxygens (including phenoxy) is 2. The van der Waals surface area contributed by atoms with Crippen molar-refractivity contribution in [2.24, 2.45) is 5.73 Å². The van der Waals surface area contributed by atoms with Gasteiger partial charge in [-0.2, -0.15) is 0 Å². The maximum Gasteiger partial charge on any atom is 0.409 e. The number of hydrogen-bond donors (Lipinski definition) is 1. The summed E-state index contributed by atoms with van der Waals surface area (Å²) in [5.74, 6) is -0.0909. The molecule has 0 radical (unpaired) electrons. The Hall–Kier alpha value is -2.12. The Balaban J connectivity index is 1.65. The summed E-state index contributed by atoms with van der Waals surface area (Å²) >= 11 is 0. The number of carbonyl (C=O) groups is 2. The van der Waals surface area contributed by atoms with Crippen LogP contribution in [0, 0.1) is 0 Å². The molecule has 1 atom stereocenters. The van der Waals surface area contributed by atoms with Crippen LogP contribution in [0.3, 0.4) is 0 Å². The summed E-state index contributed by atoms with van der Waals surface area (Å²) in [6.45, 7) is 4.99. The van der Waals surface area contributed by atoms with Crippen LogP contribution in [0.5, 0.6) is 0 Å². The van der Waals surface area contributed by atoms with Gasteiger partial charge in [-0.3, -0.25) is 4.79 Å². The van der Waals surface area contributed by atoms with Crippen molar-refractivity contribution in [3.05, 3.63) is 35.9 Å². The molecule has 138 valence electrons. The predicted octanol–water partition coefficient (Wildman–Crippen LogP) is 1.22. The van der Waals surface area contributed by atoms with Crippen molar-refractivity contribution in [1.29, 1.82) is 0 Å². The van der Waals surface area contributed by atoms with Crippen LogP contribution in [0.2, 0.25) is 0 Å². The van der Waals surface area contributed by atoms with Crippen LogP contribution in [-0.2, 0) is 20.9 Å². The lowest BCUT2D eigenvalue weighted by Gasteiger charge is -2.35. The molecule has 1 aromatic rings. The van der Waals surface area contributed by atoms with Gasteiger partial charge in [0.15, 0.2) is 0 Å². The second kappa shape index (κ2) is 10.0. The molecule has 7 heteroatoms. The molecule has 1 fully saturated rings. The fourth-order valence-electron chi connectivity index (χ4n) is 2.66. The Labute approximate surface area is 148 Å². The quantitative estimate of drug-likeness (QED) is 0.748. The molecule has 1 unspecified atom stereocenters. The third-order valence-corrected chi connectivity index (χ3v) is 4.12. The minimum atomic E-state index is -0.579. The van der Waals surface area contributed by atoms with Crippen LogP contribution < -0.4 is 5.73 Å². The summed E-state index contributed by atoms with van der Waals surface area (Å²) in [6.07, 6.45) is 0.150. The summed E-state index contributed by atoms with van der Waals surface area (Å²) < 4.78 is 10.6. The minimum Gasteiger partial charge on any atom is -0.450 e. The predicted molar refractivity (Wildman–Crippen MR) is 93.9 cm³/mol. The smallest absolute Gasteiger partial charge is 0.409 e. The standard InChI is InChI=1S/C18H27N3O4/c1-2-25-18(23)21-11-9-20(10-12-21)17(22)16(19)8-13-24-14-15-6-4-3-5-7-15/h3-7,16H,2,8-14,19H2,1H3. The molecule has 0 aromatic heterocycles. The number of nitrogens with zero attached hydrogens (tertiary/aromatic N) is 2. The largest absolute Gasteiger partial charge is 0.450 e. The summed E-state index contributed by atoms with van der Waals surface area (Å²) in [6, 6.07) is 9.29. The van der Waals surface area contributed by atoms with Gasteiger partial charge < -0.3 is 25.0 Å². The summed E-state index contributed by atoms with van der Waals surface area (Å²) in [5, 5.41) is 0. The van der Waals surface area contributed by atoms with Crippen molar-refractivity contribution in [2.75, 3.05) is 39.4 Å². The zero-order chi connectivity index (χ0) is 18.1. The topological polar surface area (TPSA) is 85.1 Å². The van der Waals surface area contributed by atoms with E-state index < -0.39 is 6.04 Å². The molecule has 1 aliphatic heterocycles. The number of carbonyl (C=O) groups excluding carboxylic acids is 2. The van der Waals surface area contributed by atoms with Crippen molar-refractivity contribution < 1.29 is 19.1 Å². The highest BCUT2D eigenvalue weighted by Gasteiger charge is 2.27. The number of benzene rings is 1. The average Bonchev–Trinajstić information content (AvgIpc) is 2.65. The van der Waals surface area contributed by atoms with Gasteiger partial charge in [0.2, 0.25) is 5.91 Å². The second-order valence-electron chi connectivity index (χ2n) is 5.94. The molecule has 0 aliphatic carbocycles. The van der Waals surface area contributed by atoms with Gasteiger partial charge in [-0.15, -0.1) is 0 Å². The summed E-state index contributed by atoms with van der Waals surface area (Å²) in [7, 11) is 0. The normalized spacial score (nSPS) is 15.8. The van der Waals surface area contributed by atoms with Crippen LogP contribution in [0.4, 0.5) is 4.79 Å². The highest BCUT2D eigenvalue weighted by Crippen LogP contribution is 2.07. The molecule has 1 aliphatic rings. The molecule has 0 saturated carbocycles. The number of hydrogen-bond acceptors (Lipinski definition) is 5. The molecule has 1 saturated heterocycles. The number of nitrogens with two attached hydrogens (primary N) is 1. The third kappa shape index (κ3) is 6.03. The van der Waals surface area contributed by atoms with Gasteiger partial charge in [-0.05, 0) is 18.9 Å². The van der Waals surface area contributed by atoms with E-state index in [0.29, 0.717) is 52.4 Å². The van der Waals surface area contributed by atoms with Crippen molar-refractivity contribution in [1.82, 2.24) is 9.80 Å². The lowest BCUT2D eigenvalue weighted by atomic mass is 10.2. The minimum absolute atomic E-state index is 0.0909. The van der Waals surface area contributed by atoms with Crippen molar-refractivity contribution in [3.63, 3.8) is 0 Å². The Bertz CT molecular complexity index is 545. The molecule has 0 spiro atoms. The molecule has 2 N–H and O–H groups in total. The van der Waals surface area contributed by atoms with Crippen LogP contribution >= 0.6 is 0 Å². The first-order valence-electron chi connectivity index (χ1n) is 8.69. The molecule has 2 rings (SSSR count). The SMILES string of the molecule is CCOC(=O)N1CCN(C(=O)C(N)CCOCc2ccccc2)CC1. The van der Waals surface area contributed by atoms with E-state index in [1.54, 1.807) is 16.7 Å². The third-order valence-electron chi connectivity index (χ3n) is 4.12. The Morgan fingerprint density at radius 3 is 2.40 bits per heavy atom. The molecule has 25 heavy (non-hydrogen) atoms. The van der Waals surface area contributed by atoms with Crippen LogP contribution in [0.25, 0.3) is 0 Å². The van der Waals surface area contributed by atoms with E-state index in [-0.39, 0.29) is 12.0 Å². The Morgan fingerprint density at radius 2 is 1.76 bits per heavy atom. The highest BCUT2D eigenvalue weighted by atomic mass is 16.6. The molecule has 2 amide bonds. The van der Waals surface area contributed by atoms with Gasteiger partial charge in [0.05, 0.1) is 19.3 Å². The molecule has 0 bridgehead atoms. The van der Waals surface area contributed by atoms with Gasteiger partial charge in [0.25, 0.3) is 0 Å². The van der Waals surface area contributed by atoms with E-state index in [9.17, 15) is 9.59 Å². The summed E-state index contributed by atoms with van der Waals surface area (Å²) in [4.78, 5) is 27.4. The first kappa shape index (κ1) is 19.2. The van der Waals surface area contributed by atoms with E-state index >= 15 is 0 Å². The molecule has 1 aromatic carbocycles. The Kier molecular flexibility index (Phi) is 7.69. The number of amides is 2. The van der Waals surface area contributed by atoms with Gasteiger partial charge >= 0.3 is 6.09 Å². The maximum atomic E-state index is 12.4. The van der Waals surface area contributed by atoms with Gasteiger partial charge in [-0.25, -0.2) is 4.79 Å². The molecule has 1 heterocycles. The molecule has 7 nitrogen and oxygen atoms in total. The van der Waals surface area contributed by atoms with Crippen LogP contribution in [-0.4, -0.2) is 67.2 Å². The van der Waals surface area contributed by atoms with E-state index in [4.69, 9.17) is 15.2 Å². The highest BCUT2D eigenvalue weighted by molar-refractivity contribution is 5.82. The zero-order valence-corrected chi connectivity index (χ0v) is 14.7. The van der Waals surface area contributed by atoms with E-state index in [2.05, 4.69) is 0 Å². The Morgan fingerprint density at radius 1 is 1.12 bits per heavy atom. The van der Waals surface area contributed by atoms with Crippen LogP contribution in [0.15, 0.2) is 30.3 Å². The zero-order valence-electron chi connectivity index (χ0n) is 14.7. The van der Waals surface area contributed by atoms with E-state index in [1.165, 1.54) is 0 Å². The molecular formula is C18H27N3O4. The van der Waals surface area contributed by atoms with Crippen molar-refractivity contribution in [3.8, 4) is 0 Å². The average molecular weight is 349 g/mol. The lowest BCUT2D eigenvalue weighted by molar-refractivity contribution is -0.134. The van der Waals surface area contributed by atoms with E-state index in [1.807, 2.05) is 30.3 Å². The van der Waals surface area contributed by atoms with E-state index in [0.717, 1.165) is 5.56 Å². The second-order valence-corrected chi connectivity index (χ2v) is 5.94. The van der Waals surface area contributed by atoms with Gasteiger partial charge in [0, 0.05) is 32.8 Å². The first-order valence-corrected chi connectivity index (χ1v) is 8.69. The van der Waals surface area contributed by atoms with Gasteiger partial charge in [-0.1, -0.05) is 30.3 Å². The van der Waals surface area contributed by atoms with Gasteiger partial charge in [0.1, 0.15) is 0 Å². The van der Waals surface area contributed by atoms with Crippen LogP contribution in [0.1, 0.15) is 18.9 Å². The number of piperazine rings is 1. The lowest BCUT2D eigenvalue weighted by Crippen LogP contribution is -2.54. The summed E-state index contributed by atoms with van der Waals surface area (Å²) in [5.41, 5.74) is 7.09. The first-order chi connectivity index (χ1) is 12.1.